The Hall–Kier alpha value is -2.57. The van der Waals surface area contributed by atoms with Gasteiger partial charge in [0.2, 0.25) is 11.8 Å². The second-order valence-electron chi connectivity index (χ2n) is 7.09. The van der Waals surface area contributed by atoms with Gasteiger partial charge in [-0.05, 0) is 38.0 Å². The molecule has 1 aromatic rings. The summed E-state index contributed by atoms with van der Waals surface area (Å²) in [5.74, 6) is -1.52. The number of benzene rings is 1. The molecule has 2 heterocycles. The number of rotatable bonds is 4. The van der Waals surface area contributed by atoms with Crippen molar-refractivity contribution >= 4 is 23.5 Å². The number of amides is 2. The molecule has 2 saturated heterocycles. The molecule has 0 radical (unpaired) electrons. The number of methoxy groups -OCH3 is 1. The van der Waals surface area contributed by atoms with Crippen molar-refractivity contribution in [1.82, 2.24) is 4.90 Å². The average Bonchev–Trinajstić information content (AvgIpc) is 3.17. The number of aliphatic carboxylic acids is 1. The van der Waals surface area contributed by atoms with E-state index in [1.54, 1.807) is 23.8 Å². The van der Waals surface area contributed by atoms with Gasteiger partial charge in [0, 0.05) is 25.6 Å². The van der Waals surface area contributed by atoms with Crippen LogP contribution >= 0.6 is 0 Å². The zero-order valence-corrected chi connectivity index (χ0v) is 15.3. The standard InChI is InChI=1S/C19H24N2O5/c1-11-4-5-16(26-3)15(8-11)21-10-13(9-17(21)22)18(23)20-7-6-14(12(20)2)19(24)25/h4-5,8,12-14H,6-7,9-10H2,1-3H3,(H,24,25). The SMILES string of the molecule is COc1ccc(C)cc1N1CC(C(=O)N2CCC(C(=O)O)C2C)CC1=O. The summed E-state index contributed by atoms with van der Waals surface area (Å²) in [6.45, 7) is 4.42. The third kappa shape index (κ3) is 3.13. The number of hydrogen-bond acceptors (Lipinski definition) is 4. The highest BCUT2D eigenvalue weighted by Gasteiger charge is 2.44. The van der Waals surface area contributed by atoms with Crippen molar-refractivity contribution < 1.29 is 24.2 Å². The molecule has 1 N–H and O–H groups in total. The Bertz CT molecular complexity index is 747. The van der Waals surface area contributed by atoms with E-state index in [1.165, 1.54) is 0 Å². The van der Waals surface area contributed by atoms with Crippen molar-refractivity contribution in [2.24, 2.45) is 11.8 Å². The minimum absolute atomic E-state index is 0.117. The van der Waals surface area contributed by atoms with E-state index in [2.05, 4.69) is 0 Å². The Morgan fingerprint density at radius 1 is 1.31 bits per heavy atom. The third-order valence-electron chi connectivity index (χ3n) is 5.45. The van der Waals surface area contributed by atoms with Crippen molar-refractivity contribution in [3.63, 3.8) is 0 Å². The Kier molecular flexibility index (Phi) is 4.89. The third-order valence-corrected chi connectivity index (χ3v) is 5.45. The van der Waals surface area contributed by atoms with E-state index in [1.807, 2.05) is 25.1 Å². The van der Waals surface area contributed by atoms with Crippen LogP contribution in [0.2, 0.25) is 0 Å². The van der Waals surface area contributed by atoms with Gasteiger partial charge in [0.25, 0.3) is 0 Å². The second-order valence-corrected chi connectivity index (χ2v) is 7.09. The minimum atomic E-state index is -0.874. The molecule has 3 atom stereocenters. The Labute approximate surface area is 152 Å². The van der Waals surface area contributed by atoms with Gasteiger partial charge in [-0.2, -0.15) is 0 Å². The van der Waals surface area contributed by atoms with E-state index in [0.29, 0.717) is 30.9 Å². The number of anilines is 1. The highest BCUT2D eigenvalue weighted by atomic mass is 16.5. The number of likely N-dealkylation sites (tertiary alicyclic amines) is 1. The number of carbonyl (C=O) groups is 3. The van der Waals surface area contributed by atoms with Crippen molar-refractivity contribution in [3.8, 4) is 5.75 Å². The van der Waals surface area contributed by atoms with Crippen molar-refractivity contribution in [3.05, 3.63) is 23.8 Å². The summed E-state index contributed by atoms with van der Waals surface area (Å²) in [7, 11) is 1.55. The molecule has 2 amide bonds. The Morgan fingerprint density at radius 2 is 2.04 bits per heavy atom. The summed E-state index contributed by atoms with van der Waals surface area (Å²) < 4.78 is 5.36. The van der Waals surface area contributed by atoms with Gasteiger partial charge in [-0.3, -0.25) is 14.4 Å². The van der Waals surface area contributed by atoms with Crippen LogP contribution in [0, 0.1) is 18.8 Å². The van der Waals surface area contributed by atoms with Gasteiger partial charge in [-0.15, -0.1) is 0 Å². The maximum atomic E-state index is 12.9. The van der Waals surface area contributed by atoms with Crippen LogP contribution < -0.4 is 9.64 Å². The van der Waals surface area contributed by atoms with Gasteiger partial charge in [0.05, 0.1) is 24.6 Å². The molecule has 1 aromatic carbocycles. The molecule has 7 nitrogen and oxygen atoms in total. The fourth-order valence-electron chi connectivity index (χ4n) is 3.93. The molecular weight excluding hydrogens is 336 g/mol. The van der Waals surface area contributed by atoms with Gasteiger partial charge in [0.1, 0.15) is 5.75 Å². The summed E-state index contributed by atoms with van der Waals surface area (Å²) in [6, 6.07) is 5.25. The first kappa shape index (κ1) is 18.2. The van der Waals surface area contributed by atoms with E-state index >= 15 is 0 Å². The van der Waals surface area contributed by atoms with Crippen LogP contribution in [0.15, 0.2) is 18.2 Å². The highest BCUT2D eigenvalue weighted by molar-refractivity contribution is 6.01. The number of carbonyl (C=O) groups excluding carboxylic acids is 2. The topological polar surface area (TPSA) is 87.2 Å². The molecule has 0 aliphatic carbocycles. The lowest BCUT2D eigenvalue weighted by Crippen LogP contribution is -2.41. The minimum Gasteiger partial charge on any atom is -0.495 e. The fraction of sp³-hybridized carbons (Fsp3) is 0.526. The zero-order chi connectivity index (χ0) is 19.0. The molecule has 2 fully saturated rings. The van der Waals surface area contributed by atoms with Gasteiger partial charge in [0.15, 0.2) is 0 Å². The molecule has 2 aliphatic heterocycles. The monoisotopic (exact) mass is 360 g/mol. The van der Waals surface area contributed by atoms with Crippen LogP contribution in [-0.4, -0.2) is 54.0 Å². The molecule has 7 heteroatoms. The predicted molar refractivity (Wildman–Crippen MR) is 95.1 cm³/mol. The lowest BCUT2D eigenvalue weighted by atomic mass is 10.0. The first-order valence-corrected chi connectivity index (χ1v) is 8.81. The molecule has 26 heavy (non-hydrogen) atoms. The van der Waals surface area contributed by atoms with E-state index in [4.69, 9.17) is 4.74 Å². The van der Waals surface area contributed by atoms with Crippen LogP contribution in [0.4, 0.5) is 5.69 Å². The molecule has 3 unspecified atom stereocenters. The highest BCUT2D eigenvalue weighted by Crippen LogP contribution is 2.35. The molecule has 0 spiro atoms. The predicted octanol–water partition coefficient (Wildman–Crippen LogP) is 1.68. The number of nitrogens with zero attached hydrogens (tertiary/aromatic N) is 2. The van der Waals surface area contributed by atoms with Gasteiger partial charge in [-0.1, -0.05) is 6.07 Å². The molecule has 140 valence electrons. The summed E-state index contributed by atoms with van der Waals surface area (Å²) in [5, 5.41) is 9.25. The van der Waals surface area contributed by atoms with E-state index in [0.717, 1.165) is 5.56 Å². The summed E-state index contributed by atoms with van der Waals surface area (Å²) in [4.78, 5) is 39.9. The van der Waals surface area contributed by atoms with Gasteiger partial charge in [-0.25, -0.2) is 0 Å². The summed E-state index contributed by atoms with van der Waals surface area (Å²) in [6.07, 6.45) is 0.592. The lowest BCUT2D eigenvalue weighted by Gasteiger charge is -2.26. The Balaban J connectivity index is 1.77. The van der Waals surface area contributed by atoms with Crippen LogP contribution in [0.1, 0.15) is 25.3 Å². The number of ether oxygens (including phenoxy) is 1. The molecule has 2 aliphatic rings. The van der Waals surface area contributed by atoms with E-state index in [-0.39, 0.29) is 24.3 Å². The lowest BCUT2D eigenvalue weighted by molar-refractivity contribution is -0.143. The largest absolute Gasteiger partial charge is 0.495 e. The normalized spacial score (nSPS) is 25.7. The first-order valence-electron chi connectivity index (χ1n) is 8.81. The first-order chi connectivity index (χ1) is 12.3. The van der Waals surface area contributed by atoms with E-state index in [9.17, 15) is 19.5 Å². The number of hydrogen-bond donors (Lipinski definition) is 1. The molecule has 0 bridgehead atoms. The van der Waals surface area contributed by atoms with Crippen molar-refractivity contribution in [1.29, 1.82) is 0 Å². The van der Waals surface area contributed by atoms with Crippen LogP contribution in [0.3, 0.4) is 0 Å². The van der Waals surface area contributed by atoms with Crippen LogP contribution in [0.5, 0.6) is 5.75 Å². The van der Waals surface area contributed by atoms with Gasteiger partial charge < -0.3 is 19.6 Å². The average molecular weight is 360 g/mol. The number of carboxylic acids is 1. The maximum Gasteiger partial charge on any atom is 0.308 e. The Morgan fingerprint density at radius 3 is 2.65 bits per heavy atom. The van der Waals surface area contributed by atoms with E-state index < -0.39 is 17.8 Å². The molecular formula is C19H24N2O5. The van der Waals surface area contributed by atoms with Crippen LogP contribution in [0.25, 0.3) is 0 Å². The number of carboxylic acid groups (broad SMARTS) is 1. The van der Waals surface area contributed by atoms with Crippen molar-refractivity contribution in [2.75, 3.05) is 25.1 Å². The molecule has 0 aromatic heterocycles. The summed E-state index contributed by atoms with van der Waals surface area (Å²) in [5.41, 5.74) is 1.67. The quantitative estimate of drug-likeness (QED) is 0.883. The zero-order valence-electron chi connectivity index (χ0n) is 15.3. The smallest absolute Gasteiger partial charge is 0.308 e. The fourth-order valence-corrected chi connectivity index (χ4v) is 3.93. The van der Waals surface area contributed by atoms with Crippen LogP contribution in [-0.2, 0) is 14.4 Å². The number of aryl methyl sites for hydroxylation is 1. The maximum absolute atomic E-state index is 12.9. The summed E-state index contributed by atoms with van der Waals surface area (Å²) >= 11 is 0. The molecule has 3 rings (SSSR count). The second kappa shape index (κ2) is 6.97. The van der Waals surface area contributed by atoms with Gasteiger partial charge >= 0.3 is 5.97 Å². The van der Waals surface area contributed by atoms with Crippen molar-refractivity contribution in [2.45, 2.75) is 32.7 Å². The molecule has 0 saturated carbocycles.